The van der Waals surface area contributed by atoms with E-state index < -0.39 is 0 Å². The fourth-order valence-corrected chi connectivity index (χ4v) is 6.28. The molecule has 4 heteroatoms. The van der Waals surface area contributed by atoms with E-state index in [0.717, 1.165) is 77.4 Å². The van der Waals surface area contributed by atoms with Crippen LogP contribution in [0.3, 0.4) is 0 Å². The Morgan fingerprint density at radius 2 is 1.38 bits per heavy atom. The van der Waals surface area contributed by atoms with Gasteiger partial charge in [-0.1, -0.05) is 61.2 Å². The topological polar surface area (TPSA) is 35.9 Å². The molecule has 8 aromatic rings. The van der Waals surface area contributed by atoms with E-state index in [9.17, 15) is 0 Å². The fraction of sp³-hybridized carbons (Fsp3) is 0.0278. The van der Waals surface area contributed by atoms with Gasteiger partial charge in [0.05, 0.1) is 33.0 Å². The summed E-state index contributed by atoms with van der Waals surface area (Å²) in [6.07, 6.45) is 8.01. The SMILES string of the molecule is C=Cc1c(/C=C\C)n(-c2ccccc2)c2ccc3c4ccc5c(c6ccccc6n5-c5ccccn5)c4oc3c12. The first-order valence-electron chi connectivity index (χ1n) is 13.5. The van der Waals surface area contributed by atoms with E-state index in [-0.39, 0.29) is 0 Å². The molecule has 0 aliphatic rings. The van der Waals surface area contributed by atoms with Gasteiger partial charge in [-0.15, -0.1) is 0 Å². The van der Waals surface area contributed by atoms with Crippen LogP contribution in [-0.4, -0.2) is 14.1 Å². The highest BCUT2D eigenvalue weighted by Gasteiger charge is 2.23. The largest absolute Gasteiger partial charge is 0.455 e. The van der Waals surface area contributed by atoms with E-state index >= 15 is 0 Å². The molecule has 0 saturated heterocycles. The monoisotopic (exact) mass is 515 g/mol. The standard InChI is InChI=1S/C36H25N3O/c1-3-12-28-24(4-2)33-30(38(28)23-13-6-5-7-14-23)20-18-25-26-19-21-31-34(36(26)40-35(25)33)27-15-8-9-16-29(27)39(31)32-17-10-11-22-37-32/h3-22H,2H2,1H3/b12-3-. The first-order valence-corrected chi connectivity index (χ1v) is 13.5. The van der Waals surface area contributed by atoms with Gasteiger partial charge in [0, 0.05) is 33.6 Å². The zero-order valence-corrected chi connectivity index (χ0v) is 22.0. The van der Waals surface area contributed by atoms with Crippen LogP contribution in [0.2, 0.25) is 0 Å². The van der Waals surface area contributed by atoms with Crippen LogP contribution in [0, 0.1) is 0 Å². The van der Waals surface area contributed by atoms with Crippen LogP contribution in [0.15, 0.2) is 120 Å². The van der Waals surface area contributed by atoms with E-state index in [0.29, 0.717) is 0 Å². The number of para-hydroxylation sites is 2. The Bertz CT molecular complexity index is 2280. The number of hydrogen-bond donors (Lipinski definition) is 0. The summed E-state index contributed by atoms with van der Waals surface area (Å²) in [5.74, 6) is 0.886. The molecule has 0 amide bonds. The lowest BCUT2D eigenvalue weighted by Crippen LogP contribution is -1.96. The van der Waals surface area contributed by atoms with Crippen LogP contribution in [0.1, 0.15) is 18.2 Å². The number of fused-ring (bicyclic) bond motifs is 9. The maximum absolute atomic E-state index is 6.94. The molecule has 4 aromatic heterocycles. The van der Waals surface area contributed by atoms with Crippen molar-refractivity contribution in [2.75, 3.05) is 0 Å². The molecular formula is C36H25N3O. The quantitative estimate of drug-likeness (QED) is 0.234. The number of hydrogen-bond acceptors (Lipinski definition) is 2. The highest BCUT2D eigenvalue weighted by Crippen LogP contribution is 2.44. The first-order chi connectivity index (χ1) is 19.8. The Kier molecular flexibility index (Phi) is 4.85. The lowest BCUT2D eigenvalue weighted by atomic mass is 10.0. The van der Waals surface area contributed by atoms with E-state index in [4.69, 9.17) is 4.42 Å². The van der Waals surface area contributed by atoms with E-state index in [1.807, 2.05) is 43.5 Å². The molecule has 0 fully saturated rings. The number of rotatable bonds is 4. The highest BCUT2D eigenvalue weighted by molar-refractivity contribution is 6.26. The van der Waals surface area contributed by atoms with E-state index in [1.165, 1.54) is 0 Å². The van der Waals surface area contributed by atoms with Crippen LogP contribution in [0.4, 0.5) is 0 Å². The third kappa shape index (κ3) is 2.99. The van der Waals surface area contributed by atoms with Crippen molar-refractivity contribution >= 4 is 66.8 Å². The number of pyridine rings is 1. The molecule has 0 N–H and O–H groups in total. The molecular weight excluding hydrogens is 490 g/mol. The van der Waals surface area contributed by atoms with Crippen molar-refractivity contribution in [3.8, 4) is 11.5 Å². The van der Waals surface area contributed by atoms with Crippen LogP contribution < -0.4 is 0 Å². The lowest BCUT2D eigenvalue weighted by Gasteiger charge is -2.09. The van der Waals surface area contributed by atoms with Crippen molar-refractivity contribution in [2.24, 2.45) is 0 Å². The van der Waals surface area contributed by atoms with Crippen molar-refractivity contribution in [3.05, 3.63) is 127 Å². The van der Waals surface area contributed by atoms with Crippen LogP contribution >= 0.6 is 0 Å². The number of nitrogens with zero attached hydrogens (tertiary/aromatic N) is 3. The zero-order valence-electron chi connectivity index (χ0n) is 22.0. The van der Waals surface area contributed by atoms with Crippen molar-refractivity contribution in [1.82, 2.24) is 14.1 Å². The Morgan fingerprint density at radius 3 is 2.10 bits per heavy atom. The van der Waals surface area contributed by atoms with Crippen molar-refractivity contribution in [2.45, 2.75) is 6.92 Å². The third-order valence-electron chi connectivity index (χ3n) is 7.87. The summed E-state index contributed by atoms with van der Waals surface area (Å²) in [6.45, 7) is 6.27. The maximum Gasteiger partial charge on any atom is 0.145 e. The summed E-state index contributed by atoms with van der Waals surface area (Å²) in [5.41, 5.74) is 8.29. The molecule has 4 heterocycles. The smallest absolute Gasteiger partial charge is 0.145 e. The molecule has 8 rings (SSSR count). The van der Waals surface area contributed by atoms with Gasteiger partial charge in [-0.3, -0.25) is 4.57 Å². The van der Waals surface area contributed by atoms with Gasteiger partial charge in [-0.25, -0.2) is 4.98 Å². The zero-order chi connectivity index (χ0) is 26.8. The second-order valence-corrected chi connectivity index (χ2v) is 9.99. The first kappa shape index (κ1) is 22.6. The van der Waals surface area contributed by atoms with Gasteiger partial charge in [-0.05, 0) is 67.6 Å². The number of allylic oxidation sites excluding steroid dienone is 1. The summed E-state index contributed by atoms with van der Waals surface area (Å²) in [5, 5.41) is 5.51. The number of furan rings is 1. The Hall–Kier alpha value is -5.35. The molecule has 4 aromatic carbocycles. The molecule has 0 atom stereocenters. The number of aromatic nitrogens is 3. The normalized spacial score (nSPS) is 12.1. The molecule has 0 aliphatic heterocycles. The Labute approximate surface area is 230 Å². The molecule has 4 nitrogen and oxygen atoms in total. The minimum absolute atomic E-state index is 0.880. The molecule has 0 spiro atoms. The van der Waals surface area contributed by atoms with E-state index in [1.54, 1.807) is 0 Å². The van der Waals surface area contributed by atoms with E-state index in [2.05, 4.69) is 106 Å². The van der Waals surface area contributed by atoms with Crippen LogP contribution in [0.25, 0.3) is 78.3 Å². The molecule has 0 radical (unpaired) electrons. The van der Waals surface area contributed by atoms with Gasteiger partial charge in [-0.2, -0.15) is 0 Å². The molecule has 40 heavy (non-hydrogen) atoms. The average molecular weight is 516 g/mol. The third-order valence-corrected chi connectivity index (χ3v) is 7.87. The van der Waals surface area contributed by atoms with Crippen LogP contribution in [0.5, 0.6) is 0 Å². The molecule has 0 bridgehead atoms. The van der Waals surface area contributed by atoms with Gasteiger partial charge in [0.1, 0.15) is 17.0 Å². The van der Waals surface area contributed by atoms with Gasteiger partial charge in [0.2, 0.25) is 0 Å². The van der Waals surface area contributed by atoms with Gasteiger partial charge < -0.3 is 8.98 Å². The second-order valence-electron chi connectivity index (χ2n) is 9.99. The van der Waals surface area contributed by atoms with Gasteiger partial charge >= 0.3 is 0 Å². The minimum Gasteiger partial charge on any atom is -0.455 e. The maximum atomic E-state index is 6.94. The molecule has 0 saturated carbocycles. The van der Waals surface area contributed by atoms with Gasteiger partial charge in [0.15, 0.2) is 0 Å². The van der Waals surface area contributed by atoms with Crippen molar-refractivity contribution < 1.29 is 4.42 Å². The average Bonchev–Trinajstić information content (AvgIpc) is 3.65. The predicted octanol–water partition coefficient (Wildman–Crippen LogP) is 9.70. The van der Waals surface area contributed by atoms with Crippen molar-refractivity contribution in [3.63, 3.8) is 0 Å². The Morgan fingerprint density at radius 1 is 0.675 bits per heavy atom. The molecule has 190 valence electrons. The fourth-order valence-electron chi connectivity index (χ4n) is 6.28. The van der Waals surface area contributed by atoms with Gasteiger partial charge in [0.25, 0.3) is 0 Å². The lowest BCUT2D eigenvalue weighted by molar-refractivity contribution is 0.676. The second kappa shape index (κ2) is 8.58. The summed E-state index contributed by atoms with van der Waals surface area (Å²) < 4.78 is 11.5. The summed E-state index contributed by atoms with van der Waals surface area (Å²) >= 11 is 0. The Balaban J connectivity index is 1.55. The molecule has 0 aliphatic carbocycles. The van der Waals surface area contributed by atoms with Crippen molar-refractivity contribution in [1.29, 1.82) is 0 Å². The summed E-state index contributed by atoms with van der Waals surface area (Å²) in [4.78, 5) is 4.68. The summed E-state index contributed by atoms with van der Waals surface area (Å²) in [6, 6.07) is 33.7. The number of benzene rings is 4. The predicted molar refractivity (Wildman–Crippen MR) is 167 cm³/mol. The summed E-state index contributed by atoms with van der Waals surface area (Å²) in [7, 11) is 0. The highest BCUT2D eigenvalue weighted by atomic mass is 16.3. The minimum atomic E-state index is 0.880. The molecule has 0 unspecified atom stereocenters. The van der Waals surface area contributed by atoms with Crippen LogP contribution in [-0.2, 0) is 0 Å².